The highest BCUT2D eigenvalue weighted by Gasteiger charge is 2.18. The zero-order valence-corrected chi connectivity index (χ0v) is 16.4. The van der Waals surface area contributed by atoms with Gasteiger partial charge in [0.15, 0.2) is 5.65 Å². The van der Waals surface area contributed by atoms with E-state index in [0.29, 0.717) is 33.2 Å². The maximum Gasteiger partial charge on any atom is 0.409 e. The van der Waals surface area contributed by atoms with Crippen LogP contribution in [0.3, 0.4) is 0 Å². The number of carbonyl (C=O) groups excluding carboxylic acids is 1. The Balaban J connectivity index is 1.66. The predicted molar refractivity (Wildman–Crippen MR) is 112 cm³/mol. The zero-order valence-electron chi connectivity index (χ0n) is 15.7. The number of nitrogens with one attached hydrogen (secondary N) is 1. The van der Waals surface area contributed by atoms with Gasteiger partial charge in [0, 0.05) is 29.1 Å². The molecule has 4 rings (SSSR count). The highest BCUT2D eigenvalue weighted by Crippen LogP contribution is 2.21. The van der Waals surface area contributed by atoms with Crippen LogP contribution in [0.1, 0.15) is 10.6 Å². The number of anilines is 2. The smallest absolute Gasteiger partial charge is 0.409 e. The van der Waals surface area contributed by atoms with E-state index in [0.717, 1.165) is 0 Å². The molecule has 0 saturated carbocycles. The van der Waals surface area contributed by atoms with Crippen LogP contribution in [0.5, 0.6) is 0 Å². The van der Waals surface area contributed by atoms with Crippen LogP contribution < -0.4 is 10.2 Å². The van der Waals surface area contributed by atoms with Gasteiger partial charge in [-0.15, -0.1) is 0 Å². The summed E-state index contributed by atoms with van der Waals surface area (Å²) in [4.78, 5) is 37.9. The highest BCUT2D eigenvalue weighted by molar-refractivity contribution is 6.30. The van der Waals surface area contributed by atoms with Crippen molar-refractivity contribution < 1.29 is 14.7 Å². The molecule has 0 atom stereocenters. The summed E-state index contributed by atoms with van der Waals surface area (Å²) in [5.74, 6) is -0.362. The van der Waals surface area contributed by atoms with Crippen molar-refractivity contribution in [3.8, 4) is 5.69 Å². The first kappa shape index (κ1) is 19.3. The molecule has 0 aliphatic carbocycles. The lowest BCUT2D eigenvalue weighted by Crippen LogP contribution is -2.28. The Labute approximate surface area is 175 Å². The second-order valence-electron chi connectivity index (χ2n) is 6.33. The molecule has 150 valence electrons. The molecule has 0 spiro atoms. The van der Waals surface area contributed by atoms with Crippen molar-refractivity contribution >= 4 is 46.1 Å². The second kappa shape index (κ2) is 7.80. The third-order valence-electron chi connectivity index (χ3n) is 4.40. The molecule has 2 amide bonds. The Hall–Kier alpha value is -3.98. The molecule has 4 aromatic rings. The summed E-state index contributed by atoms with van der Waals surface area (Å²) in [6.07, 6.45) is 1.91. The van der Waals surface area contributed by atoms with Gasteiger partial charge in [0.25, 0.3) is 5.91 Å². The predicted octanol–water partition coefficient (Wildman–Crippen LogP) is 3.84. The minimum atomic E-state index is -1.14. The van der Waals surface area contributed by atoms with Crippen LogP contribution in [-0.2, 0) is 0 Å². The first-order chi connectivity index (χ1) is 14.4. The lowest BCUT2D eigenvalue weighted by atomic mass is 10.3. The summed E-state index contributed by atoms with van der Waals surface area (Å²) in [5.41, 5.74) is 2.77. The molecule has 0 radical (unpaired) electrons. The molecule has 0 bridgehead atoms. The molecule has 0 unspecified atom stereocenters. The number of aromatic nitrogens is 4. The molecule has 30 heavy (non-hydrogen) atoms. The summed E-state index contributed by atoms with van der Waals surface area (Å²) in [6, 6.07) is 13.5. The molecule has 0 fully saturated rings. The molecule has 2 aromatic heterocycles. The van der Waals surface area contributed by atoms with Crippen LogP contribution in [0.4, 0.5) is 16.2 Å². The van der Waals surface area contributed by atoms with E-state index >= 15 is 0 Å². The topological polar surface area (TPSA) is 113 Å². The lowest BCUT2D eigenvalue weighted by molar-refractivity contribution is 0.0983. The van der Waals surface area contributed by atoms with Gasteiger partial charge in [-0.25, -0.2) is 19.7 Å². The van der Waals surface area contributed by atoms with E-state index < -0.39 is 6.09 Å². The maximum absolute atomic E-state index is 12.9. The number of benzene rings is 2. The fourth-order valence-corrected chi connectivity index (χ4v) is 2.99. The van der Waals surface area contributed by atoms with Crippen LogP contribution in [0.2, 0.25) is 5.02 Å². The van der Waals surface area contributed by atoms with Gasteiger partial charge < -0.3 is 10.0 Å². The van der Waals surface area contributed by atoms with E-state index in [1.54, 1.807) is 66.5 Å². The van der Waals surface area contributed by atoms with Gasteiger partial charge in [0.2, 0.25) is 5.82 Å². The van der Waals surface area contributed by atoms with E-state index in [2.05, 4.69) is 20.3 Å². The number of amides is 2. The Morgan fingerprint density at radius 2 is 1.77 bits per heavy atom. The molecule has 2 aromatic carbocycles. The van der Waals surface area contributed by atoms with Crippen LogP contribution >= 0.6 is 11.6 Å². The van der Waals surface area contributed by atoms with E-state index in [-0.39, 0.29) is 11.7 Å². The van der Waals surface area contributed by atoms with Crippen molar-refractivity contribution in [1.82, 2.24) is 19.5 Å². The third-order valence-corrected chi connectivity index (χ3v) is 4.65. The second-order valence-corrected chi connectivity index (χ2v) is 6.77. The van der Waals surface area contributed by atoms with E-state index in [9.17, 15) is 9.59 Å². The number of nitrogens with zero attached hydrogens (tertiary/aromatic N) is 5. The number of carboxylic acid groups (broad SMARTS) is 1. The van der Waals surface area contributed by atoms with Gasteiger partial charge in [-0.2, -0.15) is 0 Å². The minimum Gasteiger partial charge on any atom is -0.465 e. The fraction of sp³-hybridized carbons (Fsp3) is 0.0500. The summed E-state index contributed by atoms with van der Waals surface area (Å²) in [5, 5.41) is 11.7. The quantitative estimate of drug-likeness (QED) is 0.516. The zero-order chi connectivity index (χ0) is 21.3. The summed E-state index contributed by atoms with van der Waals surface area (Å²) < 4.78 is 1.70. The molecule has 0 aliphatic rings. The van der Waals surface area contributed by atoms with Gasteiger partial charge in [0.1, 0.15) is 11.8 Å². The standard InChI is InChI=1S/C20H15ClN6O3/c1-26(14-6-2-12(21)3-7-14)19(28)17-22-10-16-18(25-17)27(11-23-16)15-8-4-13(5-9-15)24-20(29)30/h2-11,24H,1H3,(H,29,30). The van der Waals surface area contributed by atoms with Crippen molar-refractivity contribution in [1.29, 1.82) is 0 Å². The first-order valence-electron chi connectivity index (χ1n) is 8.76. The minimum absolute atomic E-state index is 0.0193. The lowest BCUT2D eigenvalue weighted by Gasteiger charge is -2.16. The normalized spacial score (nSPS) is 10.7. The van der Waals surface area contributed by atoms with E-state index in [1.165, 1.54) is 11.1 Å². The number of rotatable bonds is 4. The molecule has 9 nitrogen and oxygen atoms in total. The van der Waals surface area contributed by atoms with Crippen molar-refractivity contribution in [2.45, 2.75) is 0 Å². The average Bonchev–Trinajstić information content (AvgIpc) is 3.16. The van der Waals surface area contributed by atoms with Crippen molar-refractivity contribution in [3.63, 3.8) is 0 Å². The van der Waals surface area contributed by atoms with Crippen LogP contribution in [-0.4, -0.2) is 43.7 Å². The number of imidazole rings is 1. The summed E-state index contributed by atoms with van der Waals surface area (Å²) >= 11 is 5.91. The Morgan fingerprint density at radius 1 is 1.07 bits per heavy atom. The van der Waals surface area contributed by atoms with Crippen LogP contribution in [0.25, 0.3) is 16.9 Å². The van der Waals surface area contributed by atoms with Gasteiger partial charge in [-0.3, -0.25) is 14.7 Å². The van der Waals surface area contributed by atoms with Crippen LogP contribution in [0, 0.1) is 0 Å². The molecule has 10 heteroatoms. The molecule has 0 saturated heterocycles. The number of hydrogen-bond donors (Lipinski definition) is 2. The third kappa shape index (κ3) is 3.78. The van der Waals surface area contributed by atoms with Gasteiger partial charge in [0.05, 0.1) is 6.20 Å². The monoisotopic (exact) mass is 422 g/mol. The van der Waals surface area contributed by atoms with Gasteiger partial charge in [-0.1, -0.05) is 11.6 Å². The molecule has 2 heterocycles. The maximum atomic E-state index is 12.9. The van der Waals surface area contributed by atoms with Gasteiger partial charge in [-0.05, 0) is 48.5 Å². The van der Waals surface area contributed by atoms with Crippen molar-refractivity contribution in [3.05, 3.63) is 71.9 Å². The molecular weight excluding hydrogens is 408 g/mol. The molecular formula is C20H15ClN6O3. The molecule has 2 N–H and O–H groups in total. The summed E-state index contributed by atoms with van der Waals surface area (Å²) in [6.45, 7) is 0. The van der Waals surface area contributed by atoms with Crippen molar-refractivity contribution in [2.75, 3.05) is 17.3 Å². The van der Waals surface area contributed by atoms with E-state index in [4.69, 9.17) is 16.7 Å². The Morgan fingerprint density at radius 3 is 2.43 bits per heavy atom. The Kier molecular flexibility index (Phi) is 5.03. The van der Waals surface area contributed by atoms with E-state index in [1.807, 2.05) is 0 Å². The highest BCUT2D eigenvalue weighted by atomic mass is 35.5. The number of fused-ring (bicyclic) bond motifs is 1. The number of halogens is 1. The fourth-order valence-electron chi connectivity index (χ4n) is 2.86. The Bertz CT molecular complexity index is 1240. The van der Waals surface area contributed by atoms with Crippen LogP contribution in [0.15, 0.2) is 61.1 Å². The largest absolute Gasteiger partial charge is 0.465 e. The summed E-state index contributed by atoms with van der Waals surface area (Å²) in [7, 11) is 1.63. The number of carbonyl (C=O) groups is 2. The van der Waals surface area contributed by atoms with Crippen molar-refractivity contribution in [2.24, 2.45) is 0 Å². The average molecular weight is 423 g/mol. The molecule has 0 aliphatic heterocycles. The number of hydrogen-bond acceptors (Lipinski definition) is 5. The van der Waals surface area contributed by atoms with Gasteiger partial charge >= 0.3 is 6.09 Å². The first-order valence-corrected chi connectivity index (χ1v) is 9.14. The SMILES string of the molecule is CN(C(=O)c1ncc2ncn(-c3ccc(NC(=O)O)cc3)c2n1)c1ccc(Cl)cc1.